The van der Waals surface area contributed by atoms with E-state index in [-0.39, 0.29) is 0 Å². The Hall–Kier alpha value is 0. The van der Waals surface area contributed by atoms with Crippen molar-refractivity contribution in [3.63, 3.8) is 0 Å². The Labute approximate surface area is 129 Å². The smallest absolute Gasteiger partial charge is 0.0414 e. The molecule has 1 unspecified atom stereocenters. The second kappa shape index (κ2) is 10.7. The van der Waals surface area contributed by atoms with Gasteiger partial charge < -0.3 is 0 Å². The topological polar surface area (TPSA) is 0 Å². The van der Waals surface area contributed by atoms with E-state index in [1.165, 1.54) is 77.0 Å². The van der Waals surface area contributed by atoms with E-state index in [0.717, 1.165) is 23.7 Å². The van der Waals surface area contributed by atoms with Crippen LogP contribution in [-0.4, -0.2) is 0 Å². The van der Waals surface area contributed by atoms with E-state index in [1.54, 1.807) is 0 Å². The Morgan fingerprint density at radius 3 is 1.95 bits per heavy atom. The summed E-state index contributed by atoms with van der Waals surface area (Å²) < 4.78 is 0. The third kappa shape index (κ3) is 7.70. The van der Waals surface area contributed by atoms with Gasteiger partial charge in [-0.15, -0.1) is 0 Å². The molecule has 20 heavy (non-hydrogen) atoms. The lowest BCUT2D eigenvalue weighted by atomic mass is 9.78. The minimum absolute atomic E-state index is 0.890. The maximum Gasteiger partial charge on any atom is -0.0414 e. The Kier molecular flexibility index (Phi) is 9.65. The van der Waals surface area contributed by atoms with Crippen LogP contribution in [0.2, 0.25) is 0 Å². The lowest BCUT2D eigenvalue weighted by Crippen LogP contribution is -2.14. The zero-order valence-electron chi connectivity index (χ0n) is 14.8. The standard InChI is InChI=1S/C20H40/c1-5-18(10-7-9-17(3)4)11-8-12-20-15-13-19(6-2)14-16-20/h17-20H,5-16H2,1-4H3. The molecule has 0 spiro atoms. The van der Waals surface area contributed by atoms with E-state index < -0.39 is 0 Å². The van der Waals surface area contributed by atoms with Gasteiger partial charge in [0.1, 0.15) is 0 Å². The summed E-state index contributed by atoms with van der Waals surface area (Å²) in [6.45, 7) is 9.47. The van der Waals surface area contributed by atoms with Crippen molar-refractivity contribution in [2.24, 2.45) is 23.7 Å². The highest BCUT2D eigenvalue weighted by atomic mass is 14.3. The van der Waals surface area contributed by atoms with Crippen LogP contribution in [0.5, 0.6) is 0 Å². The molecular formula is C20H40. The first-order valence-corrected chi connectivity index (χ1v) is 9.65. The van der Waals surface area contributed by atoms with Crippen molar-refractivity contribution in [3.8, 4) is 0 Å². The molecule has 0 saturated heterocycles. The van der Waals surface area contributed by atoms with E-state index in [2.05, 4.69) is 27.7 Å². The molecule has 0 nitrogen and oxygen atoms in total. The molecule has 1 atom stereocenters. The molecule has 1 saturated carbocycles. The van der Waals surface area contributed by atoms with Gasteiger partial charge in [-0.05, 0) is 23.7 Å². The molecule has 0 radical (unpaired) electrons. The quantitative estimate of drug-likeness (QED) is 0.396. The van der Waals surface area contributed by atoms with Crippen LogP contribution in [0.1, 0.15) is 105 Å². The van der Waals surface area contributed by atoms with Crippen LogP contribution in [-0.2, 0) is 0 Å². The maximum absolute atomic E-state index is 2.40. The normalized spacial score (nSPS) is 25.1. The molecule has 0 aromatic rings. The summed E-state index contributed by atoms with van der Waals surface area (Å²) >= 11 is 0. The van der Waals surface area contributed by atoms with E-state index in [9.17, 15) is 0 Å². The third-order valence-corrected chi connectivity index (χ3v) is 5.74. The summed E-state index contributed by atoms with van der Waals surface area (Å²) in [7, 11) is 0. The molecule has 1 rings (SSSR count). The fraction of sp³-hybridized carbons (Fsp3) is 1.00. The predicted octanol–water partition coefficient (Wildman–Crippen LogP) is 7.23. The highest BCUT2D eigenvalue weighted by molar-refractivity contribution is 4.72. The summed E-state index contributed by atoms with van der Waals surface area (Å²) in [5.74, 6) is 4.04. The molecule has 0 aromatic heterocycles. The van der Waals surface area contributed by atoms with Gasteiger partial charge in [0, 0.05) is 0 Å². The van der Waals surface area contributed by atoms with E-state index >= 15 is 0 Å². The average molecular weight is 281 g/mol. The van der Waals surface area contributed by atoms with Gasteiger partial charge in [-0.3, -0.25) is 0 Å². The molecule has 120 valence electrons. The zero-order chi connectivity index (χ0) is 14.8. The molecule has 1 aliphatic rings. The van der Waals surface area contributed by atoms with Crippen molar-refractivity contribution >= 4 is 0 Å². The first-order chi connectivity index (χ1) is 9.65. The van der Waals surface area contributed by atoms with Crippen molar-refractivity contribution in [2.75, 3.05) is 0 Å². The summed E-state index contributed by atoms with van der Waals surface area (Å²) in [5.41, 5.74) is 0. The third-order valence-electron chi connectivity index (χ3n) is 5.74. The summed E-state index contributed by atoms with van der Waals surface area (Å²) in [4.78, 5) is 0. The lowest BCUT2D eigenvalue weighted by molar-refractivity contribution is 0.248. The first-order valence-electron chi connectivity index (χ1n) is 9.65. The van der Waals surface area contributed by atoms with Gasteiger partial charge in [0.2, 0.25) is 0 Å². The summed E-state index contributed by atoms with van der Waals surface area (Å²) in [6, 6.07) is 0. The lowest BCUT2D eigenvalue weighted by Gasteiger charge is -2.28. The van der Waals surface area contributed by atoms with Gasteiger partial charge in [-0.25, -0.2) is 0 Å². The van der Waals surface area contributed by atoms with Crippen LogP contribution in [0.3, 0.4) is 0 Å². The molecule has 0 heteroatoms. The van der Waals surface area contributed by atoms with Gasteiger partial charge in [0.15, 0.2) is 0 Å². The fourth-order valence-electron chi connectivity index (χ4n) is 3.99. The first kappa shape index (κ1) is 18.1. The largest absolute Gasteiger partial charge is 0.0651 e. The minimum Gasteiger partial charge on any atom is -0.0651 e. The summed E-state index contributed by atoms with van der Waals surface area (Å²) in [6.07, 6.45) is 17.8. The van der Waals surface area contributed by atoms with Crippen LogP contribution in [0.4, 0.5) is 0 Å². The molecule has 0 aromatic carbocycles. The van der Waals surface area contributed by atoms with Crippen LogP contribution in [0, 0.1) is 23.7 Å². The molecular weight excluding hydrogens is 240 g/mol. The molecule has 0 bridgehead atoms. The Morgan fingerprint density at radius 2 is 1.40 bits per heavy atom. The van der Waals surface area contributed by atoms with Crippen molar-refractivity contribution in [1.29, 1.82) is 0 Å². The van der Waals surface area contributed by atoms with E-state index in [0.29, 0.717) is 0 Å². The van der Waals surface area contributed by atoms with Gasteiger partial charge in [-0.2, -0.15) is 0 Å². The molecule has 0 heterocycles. The second-order valence-corrected chi connectivity index (χ2v) is 7.82. The van der Waals surface area contributed by atoms with E-state index in [1.807, 2.05) is 0 Å². The summed E-state index contributed by atoms with van der Waals surface area (Å²) in [5, 5.41) is 0. The van der Waals surface area contributed by atoms with E-state index in [4.69, 9.17) is 0 Å². The Balaban J connectivity index is 2.06. The number of hydrogen-bond acceptors (Lipinski definition) is 0. The SMILES string of the molecule is CCC(CCCC(C)C)CCCC1CCC(CC)CC1. The minimum atomic E-state index is 0.890. The van der Waals surface area contributed by atoms with Crippen molar-refractivity contribution in [2.45, 2.75) is 105 Å². The number of hydrogen-bond donors (Lipinski definition) is 0. The molecule has 1 fully saturated rings. The van der Waals surface area contributed by atoms with Crippen LogP contribution in [0.15, 0.2) is 0 Å². The average Bonchev–Trinajstić information content (AvgIpc) is 2.46. The molecule has 0 amide bonds. The van der Waals surface area contributed by atoms with Crippen molar-refractivity contribution in [1.82, 2.24) is 0 Å². The Morgan fingerprint density at radius 1 is 0.800 bits per heavy atom. The van der Waals surface area contributed by atoms with Crippen LogP contribution >= 0.6 is 0 Å². The molecule has 1 aliphatic carbocycles. The zero-order valence-corrected chi connectivity index (χ0v) is 14.8. The van der Waals surface area contributed by atoms with Crippen molar-refractivity contribution < 1.29 is 0 Å². The van der Waals surface area contributed by atoms with Crippen molar-refractivity contribution in [3.05, 3.63) is 0 Å². The second-order valence-electron chi connectivity index (χ2n) is 7.82. The highest BCUT2D eigenvalue weighted by Gasteiger charge is 2.19. The van der Waals surface area contributed by atoms with Gasteiger partial charge in [-0.1, -0.05) is 105 Å². The predicted molar refractivity (Wildman–Crippen MR) is 92.1 cm³/mol. The highest BCUT2D eigenvalue weighted by Crippen LogP contribution is 2.34. The molecule has 0 aliphatic heterocycles. The van der Waals surface area contributed by atoms with Crippen LogP contribution < -0.4 is 0 Å². The maximum atomic E-state index is 2.40. The van der Waals surface area contributed by atoms with Gasteiger partial charge in [0.05, 0.1) is 0 Å². The van der Waals surface area contributed by atoms with Gasteiger partial charge in [0.25, 0.3) is 0 Å². The number of rotatable bonds is 10. The Bertz CT molecular complexity index is 210. The van der Waals surface area contributed by atoms with Crippen LogP contribution in [0.25, 0.3) is 0 Å². The molecule has 0 N–H and O–H groups in total. The monoisotopic (exact) mass is 280 g/mol. The van der Waals surface area contributed by atoms with Gasteiger partial charge >= 0.3 is 0 Å². The fourth-order valence-corrected chi connectivity index (χ4v) is 3.99.